The fraction of sp³-hybridized carbons (Fsp3) is 0.857. The predicted molar refractivity (Wildman–Crippen MR) is 34.3 cm³/mol. The summed E-state index contributed by atoms with van der Waals surface area (Å²) in [5, 5.41) is 8.46. The molecule has 0 saturated heterocycles. The monoisotopic (exact) mass is 146 g/mol. The average Bonchev–Trinajstić information content (AvgIpc) is 1.80. The lowest BCUT2D eigenvalue weighted by molar-refractivity contribution is -0.131. The summed E-state index contributed by atoms with van der Waals surface area (Å²) in [5.74, 6) is -0.112. The van der Waals surface area contributed by atoms with Gasteiger partial charge in [0, 0.05) is 5.92 Å². The molecule has 0 amide bonds. The van der Waals surface area contributed by atoms with Gasteiger partial charge in [-0.05, 0) is 19.8 Å². The van der Waals surface area contributed by atoms with Gasteiger partial charge >= 0.3 is 0 Å². The fourth-order valence-corrected chi connectivity index (χ4v) is 1.24. The molecular formula is C7H11FO2. The van der Waals surface area contributed by atoms with Crippen molar-refractivity contribution in [3.8, 4) is 0 Å². The summed E-state index contributed by atoms with van der Waals surface area (Å²) < 4.78 is 12.8. The second-order valence-corrected chi connectivity index (χ2v) is 3.02. The van der Waals surface area contributed by atoms with Crippen LogP contribution in [0, 0.1) is 5.92 Å². The Labute approximate surface area is 59.0 Å². The Morgan fingerprint density at radius 2 is 2.30 bits per heavy atom. The number of alkyl halides is 1. The number of Topliss-reactive ketones (excluding diaryl/α,β-unsaturated/α-hetero) is 1. The van der Waals surface area contributed by atoms with Crippen molar-refractivity contribution in [2.24, 2.45) is 5.92 Å². The van der Waals surface area contributed by atoms with Gasteiger partial charge in [0.25, 0.3) is 0 Å². The van der Waals surface area contributed by atoms with E-state index in [1.807, 2.05) is 0 Å². The van der Waals surface area contributed by atoms with Gasteiger partial charge in [-0.3, -0.25) is 4.79 Å². The molecule has 2 nitrogen and oxygen atoms in total. The molecule has 58 valence electrons. The van der Waals surface area contributed by atoms with Crippen LogP contribution in [0.25, 0.3) is 0 Å². The van der Waals surface area contributed by atoms with Crippen molar-refractivity contribution in [2.75, 3.05) is 6.61 Å². The average molecular weight is 146 g/mol. The Balaban J connectivity index is 2.36. The van der Waals surface area contributed by atoms with Crippen molar-refractivity contribution in [2.45, 2.75) is 25.4 Å². The fourth-order valence-electron chi connectivity index (χ4n) is 1.24. The van der Waals surface area contributed by atoms with Crippen LogP contribution in [0.1, 0.15) is 19.8 Å². The molecule has 1 aliphatic carbocycles. The van der Waals surface area contributed by atoms with E-state index in [0.29, 0.717) is 0 Å². The molecule has 0 atom stereocenters. The lowest BCUT2D eigenvalue weighted by Gasteiger charge is -2.38. The van der Waals surface area contributed by atoms with Crippen LogP contribution in [0.2, 0.25) is 0 Å². The van der Waals surface area contributed by atoms with E-state index in [4.69, 9.17) is 5.11 Å². The van der Waals surface area contributed by atoms with E-state index in [0.717, 1.165) is 0 Å². The minimum Gasteiger partial charge on any atom is -0.393 e. The third-order valence-corrected chi connectivity index (χ3v) is 2.08. The zero-order valence-corrected chi connectivity index (χ0v) is 5.93. The standard InChI is InChI=1S/C7H11FO2/c1-5(10)6-2-7(8,3-6)4-9/h6,9H,2-4H2,1H3. The molecule has 1 fully saturated rings. The second-order valence-electron chi connectivity index (χ2n) is 3.02. The summed E-state index contributed by atoms with van der Waals surface area (Å²) in [6.45, 7) is 1.01. The van der Waals surface area contributed by atoms with Gasteiger partial charge in [-0.1, -0.05) is 0 Å². The van der Waals surface area contributed by atoms with E-state index in [9.17, 15) is 9.18 Å². The topological polar surface area (TPSA) is 37.3 Å². The van der Waals surface area contributed by atoms with E-state index >= 15 is 0 Å². The van der Waals surface area contributed by atoms with E-state index < -0.39 is 12.3 Å². The molecule has 0 aromatic heterocycles. The SMILES string of the molecule is CC(=O)C1CC(F)(CO)C1. The Hall–Kier alpha value is -0.440. The normalized spacial score (nSPS) is 38.9. The highest BCUT2D eigenvalue weighted by Gasteiger charge is 2.46. The van der Waals surface area contributed by atoms with Crippen molar-refractivity contribution in [3.05, 3.63) is 0 Å². The first-order chi connectivity index (χ1) is 4.57. The molecule has 1 N–H and O–H groups in total. The lowest BCUT2D eigenvalue weighted by Crippen LogP contribution is -2.45. The molecule has 0 heterocycles. The van der Waals surface area contributed by atoms with Crippen LogP contribution in [-0.2, 0) is 4.79 Å². The number of ketones is 1. The molecule has 3 heteroatoms. The van der Waals surface area contributed by atoms with Gasteiger partial charge in [0.05, 0.1) is 6.61 Å². The zero-order chi connectivity index (χ0) is 7.78. The highest BCUT2D eigenvalue weighted by molar-refractivity contribution is 5.79. The van der Waals surface area contributed by atoms with Gasteiger partial charge in [0.15, 0.2) is 0 Å². The van der Waals surface area contributed by atoms with Gasteiger partial charge < -0.3 is 5.11 Å². The van der Waals surface area contributed by atoms with Crippen LogP contribution in [0.15, 0.2) is 0 Å². The summed E-state index contributed by atoms with van der Waals surface area (Å²) in [5.41, 5.74) is -1.45. The number of hydrogen-bond donors (Lipinski definition) is 1. The minimum absolute atomic E-state index is 0.0294. The largest absolute Gasteiger partial charge is 0.393 e. The summed E-state index contributed by atoms with van der Waals surface area (Å²) in [6.07, 6.45) is 0.414. The highest BCUT2D eigenvalue weighted by atomic mass is 19.1. The molecular weight excluding hydrogens is 135 g/mol. The predicted octanol–water partition coefficient (Wildman–Crippen LogP) is 0.686. The van der Waals surface area contributed by atoms with Crippen molar-refractivity contribution < 1.29 is 14.3 Å². The van der Waals surface area contributed by atoms with E-state index in [1.165, 1.54) is 6.92 Å². The molecule has 0 aliphatic heterocycles. The molecule has 1 saturated carbocycles. The number of aliphatic hydroxyl groups is 1. The van der Waals surface area contributed by atoms with E-state index in [2.05, 4.69) is 0 Å². The first-order valence-electron chi connectivity index (χ1n) is 3.38. The second kappa shape index (κ2) is 2.31. The number of hydrogen-bond acceptors (Lipinski definition) is 2. The van der Waals surface area contributed by atoms with Crippen LogP contribution in [0.4, 0.5) is 4.39 Å². The number of rotatable bonds is 2. The molecule has 0 unspecified atom stereocenters. The van der Waals surface area contributed by atoms with Crippen LogP contribution >= 0.6 is 0 Å². The quantitative estimate of drug-likeness (QED) is 0.622. The Morgan fingerprint density at radius 3 is 2.60 bits per heavy atom. The van der Waals surface area contributed by atoms with Crippen molar-refractivity contribution >= 4 is 5.78 Å². The van der Waals surface area contributed by atoms with Gasteiger partial charge in [-0.15, -0.1) is 0 Å². The van der Waals surface area contributed by atoms with Gasteiger partial charge in [0.1, 0.15) is 11.5 Å². The van der Waals surface area contributed by atoms with Crippen LogP contribution in [0.3, 0.4) is 0 Å². The Kier molecular flexibility index (Phi) is 1.77. The van der Waals surface area contributed by atoms with Gasteiger partial charge in [-0.2, -0.15) is 0 Å². The molecule has 0 bridgehead atoms. The molecule has 0 aromatic carbocycles. The first kappa shape index (κ1) is 7.66. The van der Waals surface area contributed by atoms with Crippen LogP contribution < -0.4 is 0 Å². The number of halogens is 1. The molecule has 1 rings (SSSR count). The Morgan fingerprint density at radius 1 is 1.80 bits per heavy atom. The third-order valence-electron chi connectivity index (χ3n) is 2.08. The first-order valence-corrected chi connectivity index (χ1v) is 3.38. The summed E-state index contributed by atoms with van der Waals surface area (Å²) in [4.78, 5) is 10.6. The van der Waals surface area contributed by atoms with Crippen molar-refractivity contribution in [1.82, 2.24) is 0 Å². The number of carbonyl (C=O) groups is 1. The van der Waals surface area contributed by atoms with Crippen molar-refractivity contribution in [1.29, 1.82) is 0 Å². The number of carbonyl (C=O) groups excluding carboxylic acids is 1. The van der Waals surface area contributed by atoms with Gasteiger partial charge in [0.2, 0.25) is 0 Å². The van der Waals surface area contributed by atoms with Crippen LogP contribution in [0.5, 0.6) is 0 Å². The maximum atomic E-state index is 12.8. The minimum atomic E-state index is -1.45. The molecule has 0 aromatic rings. The summed E-state index contributed by atoms with van der Waals surface area (Å²) in [6, 6.07) is 0. The highest BCUT2D eigenvalue weighted by Crippen LogP contribution is 2.40. The van der Waals surface area contributed by atoms with E-state index in [1.54, 1.807) is 0 Å². The van der Waals surface area contributed by atoms with E-state index in [-0.39, 0.29) is 24.5 Å². The zero-order valence-electron chi connectivity index (χ0n) is 5.93. The van der Waals surface area contributed by atoms with Crippen LogP contribution in [-0.4, -0.2) is 23.2 Å². The maximum absolute atomic E-state index is 12.8. The smallest absolute Gasteiger partial charge is 0.135 e. The lowest BCUT2D eigenvalue weighted by atomic mass is 9.71. The summed E-state index contributed by atoms with van der Waals surface area (Å²) >= 11 is 0. The van der Waals surface area contributed by atoms with Gasteiger partial charge in [-0.25, -0.2) is 4.39 Å². The third kappa shape index (κ3) is 1.19. The number of aliphatic hydroxyl groups excluding tert-OH is 1. The Bertz CT molecular complexity index is 150. The molecule has 0 spiro atoms. The van der Waals surface area contributed by atoms with Crippen molar-refractivity contribution in [3.63, 3.8) is 0 Å². The molecule has 1 aliphatic rings. The molecule has 0 radical (unpaired) electrons. The maximum Gasteiger partial charge on any atom is 0.135 e. The summed E-state index contributed by atoms with van der Waals surface area (Å²) in [7, 11) is 0. The molecule has 10 heavy (non-hydrogen) atoms.